The summed E-state index contributed by atoms with van der Waals surface area (Å²) >= 11 is 0. The van der Waals surface area contributed by atoms with Crippen LogP contribution >= 0.6 is 21.6 Å². The van der Waals surface area contributed by atoms with Crippen LogP contribution in [0.2, 0.25) is 0 Å². The van der Waals surface area contributed by atoms with Crippen LogP contribution in [0.5, 0.6) is 0 Å². The predicted molar refractivity (Wildman–Crippen MR) is 155 cm³/mol. The van der Waals surface area contributed by atoms with E-state index in [0.717, 1.165) is 18.6 Å². The van der Waals surface area contributed by atoms with Crippen molar-refractivity contribution in [2.75, 3.05) is 5.75 Å². The number of nitrogens with one attached hydrogen (secondary N) is 4. The molecule has 0 saturated carbocycles. The Balaban J connectivity index is 2.77. The highest BCUT2D eigenvalue weighted by Crippen LogP contribution is 2.39. The molecule has 41 heavy (non-hydrogen) atoms. The van der Waals surface area contributed by atoms with Gasteiger partial charge in [0.25, 0.3) is 0 Å². The predicted octanol–water partition coefficient (Wildman–Crippen LogP) is -0.459. The molecule has 1 fully saturated rings. The molecule has 1 saturated heterocycles. The molecule has 0 aromatic carbocycles. The SMILES string of the molecule is CC(C)C[C@H](NC(=O)[C@H](C)NC(=O)CCCCC1CCSS1)C(=O)N[C@@H](CC(N)=O)C(=O)N[C@@H](CC(N)=O)C(=O)O. The van der Waals surface area contributed by atoms with Gasteiger partial charge >= 0.3 is 5.97 Å². The fourth-order valence-electron chi connectivity index (χ4n) is 3.96. The zero-order valence-corrected chi connectivity index (χ0v) is 25.2. The summed E-state index contributed by atoms with van der Waals surface area (Å²) in [6.07, 6.45) is 2.87. The van der Waals surface area contributed by atoms with Gasteiger partial charge in [0.1, 0.15) is 24.2 Å². The number of carbonyl (C=O) groups is 7. The molecule has 0 spiro atoms. The molecule has 1 unspecified atom stereocenters. The summed E-state index contributed by atoms with van der Waals surface area (Å²) in [5.41, 5.74) is 10.2. The Hall–Kier alpha value is -3.01. The van der Waals surface area contributed by atoms with E-state index < -0.39 is 72.5 Å². The third-order valence-corrected chi connectivity index (χ3v) is 9.08. The quantitative estimate of drug-likeness (QED) is 0.0726. The second-order valence-electron chi connectivity index (χ2n) is 10.4. The Kier molecular flexibility index (Phi) is 16.2. The van der Waals surface area contributed by atoms with Crippen molar-refractivity contribution >= 4 is 63.0 Å². The summed E-state index contributed by atoms with van der Waals surface area (Å²) in [6.45, 7) is 5.09. The minimum absolute atomic E-state index is 0.0808. The fourth-order valence-corrected chi connectivity index (χ4v) is 6.98. The molecule has 232 valence electrons. The van der Waals surface area contributed by atoms with Crippen molar-refractivity contribution in [3.05, 3.63) is 0 Å². The molecule has 16 heteroatoms. The van der Waals surface area contributed by atoms with E-state index in [-0.39, 0.29) is 24.7 Å². The van der Waals surface area contributed by atoms with Crippen molar-refractivity contribution in [2.24, 2.45) is 17.4 Å². The average molecular weight is 619 g/mol. The van der Waals surface area contributed by atoms with Gasteiger partial charge < -0.3 is 37.8 Å². The Morgan fingerprint density at radius 1 is 0.805 bits per heavy atom. The summed E-state index contributed by atoms with van der Waals surface area (Å²) in [5, 5.41) is 19.4. The van der Waals surface area contributed by atoms with E-state index in [2.05, 4.69) is 21.3 Å². The fraction of sp³-hybridized carbons (Fsp3) is 0.720. The maximum atomic E-state index is 13.1. The maximum absolute atomic E-state index is 13.1. The summed E-state index contributed by atoms with van der Waals surface area (Å²) < 4.78 is 0. The Morgan fingerprint density at radius 3 is 1.90 bits per heavy atom. The summed E-state index contributed by atoms with van der Waals surface area (Å²) in [6, 6.07) is -5.36. The van der Waals surface area contributed by atoms with Crippen molar-refractivity contribution in [1.29, 1.82) is 0 Å². The van der Waals surface area contributed by atoms with E-state index in [9.17, 15) is 38.7 Å². The number of primary amides is 2. The van der Waals surface area contributed by atoms with Gasteiger partial charge in [-0.3, -0.25) is 28.8 Å². The second-order valence-corrected chi connectivity index (χ2v) is 13.1. The van der Waals surface area contributed by atoms with Crippen LogP contribution in [0, 0.1) is 5.92 Å². The molecule has 9 N–H and O–H groups in total. The molecule has 0 aliphatic carbocycles. The lowest BCUT2D eigenvalue weighted by atomic mass is 10.0. The van der Waals surface area contributed by atoms with E-state index in [1.165, 1.54) is 13.3 Å². The number of nitrogens with two attached hydrogens (primary N) is 2. The third kappa shape index (κ3) is 15.0. The molecule has 1 rings (SSSR count). The molecule has 0 radical (unpaired) electrons. The normalized spacial score (nSPS) is 17.5. The lowest BCUT2D eigenvalue weighted by Crippen LogP contribution is -2.58. The number of amides is 6. The van der Waals surface area contributed by atoms with Gasteiger partial charge in [0.2, 0.25) is 35.4 Å². The number of carbonyl (C=O) groups excluding carboxylic acids is 6. The highest BCUT2D eigenvalue weighted by Gasteiger charge is 2.32. The highest BCUT2D eigenvalue weighted by atomic mass is 33.1. The van der Waals surface area contributed by atoms with Crippen LogP contribution in [0.15, 0.2) is 0 Å². The molecular formula is C25H42N6O8S2. The van der Waals surface area contributed by atoms with Gasteiger partial charge in [-0.25, -0.2) is 4.79 Å². The molecule has 14 nitrogen and oxygen atoms in total. The zero-order chi connectivity index (χ0) is 31.1. The molecular weight excluding hydrogens is 576 g/mol. The number of carboxylic acids is 1. The largest absolute Gasteiger partial charge is 0.480 e. The summed E-state index contributed by atoms with van der Waals surface area (Å²) in [7, 11) is 3.75. The number of unbranched alkanes of at least 4 members (excludes halogenated alkanes) is 1. The third-order valence-electron chi connectivity index (χ3n) is 6.08. The van der Waals surface area contributed by atoms with E-state index in [1.54, 1.807) is 13.8 Å². The number of hydrogen-bond donors (Lipinski definition) is 7. The molecule has 0 aromatic rings. The standard InChI is InChI=1S/C25H42N6O8S2/c1-13(2)10-16(29-22(35)14(3)28-21(34)7-5-4-6-15-8-9-40-41-15)23(36)30-17(11-19(26)32)24(37)31-18(25(38)39)12-20(27)33/h13-18H,4-12H2,1-3H3,(H2,26,32)(H2,27,33)(H,28,34)(H,29,35)(H,30,36)(H,31,37)(H,38,39)/t14-,15?,16-,17-,18-/m0/s1. The average Bonchev–Trinajstić information content (AvgIpc) is 3.38. The number of rotatable bonds is 19. The number of carboxylic acid groups (broad SMARTS) is 1. The van der Waals surface area contributed by atoms with E-state index in [4.69, 9.17) is 11.5 Å². The summed E-state index contributed by atoms with van der Waals surface area (Å²) in [4.78, 5) is 85.1. The first-order valence-corrected chi connectivity index (χ1v) is 15.9. The van der Waals surface area contributed by atoms with Crippen LogP contribution in [0.3, 0.4) is 0 Å². The zero-order valence-electron chi connectivity index (χ0n) is 23.6. The first kappa shape index (κ1) is 36.0. The lowest BCUT2D eigenvalue weighted by Gasteiger charge is -2.25. The Morgan fingerprint density at radius 2 is 1.37 bits per heavy atom. The van der Waals surface area contributed by atoms with Crippen LogP contribution in [0.25, 0.3) is 0 Å². The van der Waals surface area contributed by atoms with Crippen LogP contribution in [-0.2, 0) is 33.6 Å². The Bertz CT molecular complexity index is 960. The van der Waals surface area contributed by atoms with Gasteiger partial charge in [-0.2, -0.15) is 0 Å². The first-order chi connectivity index (χ1) is 19.2. The molecule has 1 aliphatic rings. The molecule has 0 aromatic heterocycles. The van der Waals surface area contributed by atoms with E-state index in [0.29, 0.717) is 11.7 Å². The van der Waals surface area contributed by atoms with Crippen LogP contribution in [-0.4, -0.2) is 81.7 Å². The molecule has 0 bridgehead atoms. The molecule has 1 heterocycles. The van der Waals surface area contributed by atoms with Crippen molar-refractivity contribution in [1.82, 2.24) is 21.3 Å². The topological polar surface area (TPSA) is 240 Å². The van der Waals surface area contributed by atoms with Gasteiger partial charge in [-0.05, 0) is 38.5 Å². The van der Waals surface area contributed by atoms with Crippen molar-refractivity contribution in [2.45, 2.75) is 102 Å². The van der Waals surface area contributed by atoms with Crippen molar-refractivity contribution in [3.8, 4) is 0 Å². The lowest BCUT2D eigenvalue weighted by molar-refractivity contribution is -0.144. The van der Waals surface area contributed by atoms with Gasteiger partial charge in [0.15, 0.2) is 0 Å². The second kappa shape index (κ2) is 18.4. The smallest absolute Gasteiger partial charge is 0.326 e. The number of hydrogen-bond acceptors (Lipinski definition) is 9. The van der Waals surface area contributed by atoms with Crippen molar-refractivity contribution < 1.29 is 38.7 Å². The number of aliphatic carboxylic acids is 1. The van der Waals surface area contributed by atoms with Gasteiger partial charge in [0, 0.05) is 17.4 Å². The first-order valence-electron chi connectivity index (χ1n) is 13.5. The Labute approximate surface area is 247 Å². The van der Waals surface area contributed by atoms with E-state index >= 15 is 0 Å². The van der Waals surface area contributed by atoms with Crippen LogP contribution in [0.1, 0.15) is 72.1 Å². The van der Waals surface area contributed by atoms with Gasteiger partial charge in [-0.1, -0.05) is 41.9 Å². The van der Waals surface area contributed by atoms with Gasteiger partial charge in [0.05, 0.1) is 12.8 Å². The van der Waals surface area contributed by atoms with Gasteiger partial charge in [-0.15, -0.1) is 0 Å². The molecule has 5 atom stereocenters. The van der Waals surface area contributed by atoms with Crippen LogP contribution in [0.4, 0.5) is 0 Å². The van der Waals surface area contributed by atoms with E-state index in [1.807, 2.05) is 21.6 Å². The summed E-state index contributed by atoms with van der Waals surface area (Å²) in [5.74, 6) is -5.24. The minimum atomic E-state index is -1.69. The minimum Gasteiger partial charge on any atom is -0.480 e. The monoisotopic (exact) mass is 618 g/mol. The molecule has 1 aliphatic heterocycles. The van der Waals surface area contributed by atoms with Crippen LogP contribution < -0.4 is 32.7 Å². The van der Waals surface area contributed by atoms with Crippen molar-refractivity contribution in [3.63, 3.8) is 0 Å². The molecule has 6 amide bonds. The maximum Gasteiger partial charge on any atom is 0.326 e. The highest BCUT2D eigenvalue weighted by molar-refractivity contribution is 8.77.